The number of fused-ring (bicyclic) bond motifs is 4. The van der Waals surface area contributed by atoms with Crippen molar-refractivity contribution in [2.24, 2.45) is 0 Å². The van der Waals surface area contributed by atoms with Gasteiger partial charge in [0, 0.05) is 47.8 Å². The smallest absolute Gasteiger partial charge is 0.346 e. The Labute approximate surface area is 354 Å². The number of benzene rings is 2. The molecule has 2 saturated heterocycles. The molecule has 2 N–H and O–H groups in total. The molecule has 0 radical (unpaired) electrons. The molecular weight excluding hydrogens is 884 g/mol. The van der Waals surface area contributed by atoms with Crippen LogP contribution in [0.2, 0.25) is 5.02 Å². The Morgan fingerprint density at radius 3 is 2.31 bits per heavy atom. The lowest BCUT2D eigenvalue weighted by atomic mass is 9.93. The Morgan fingerprint density at radius 2 is 1.68 bits per heavy atom. The predicted octanol–water partition coefficient (Wildman–Crippen LogP) is 8.89. The number of nitrogens with zero attached hydrogens (tertiary/aromatic N) is 7. The predicted molar refractivity (Wildman–Crippen MR) is 207 cm³/mol. The molecule has 8 rings (SSSR count). The van der Waals surface area contributed by atoms with Crippen molar-refractivity contribution in [1.82, 2.24) is 40.1 Å². The second kappa shape index (κ2) is 15.9. The number of nitrogens with one attached hydrogen (secondary N) is 2. The van der Waals surface area contributed by atoms with E-state index in [9.17, 15) is 44.7 Å². The fourth-order valence-electron chi connectivity index (χ4n) is 8.26. The van der Waals surface area contributed by atoms with Crippen molar-refractivity contribution in [3.05, 3.63) is 93.0 Å². The molecule has 1 unspecified atom stereocenters. The third-order valence-corrected chi connectivity index (χ3v) is 11.9. The SMILES string of the molecule is CCc1ccc(-c2ccc(Cl)c3c(N(SC)C(=O)N4CCCC4)nn(CC(F)(F)F)c23)c(C(Cc2cc(F)cc(F)c2)NC(=O)Cn2nc(C(F)(F)F)c3c2C(F)(F)[C@@H]2N[C@H]32)n1. The molecule has 3 aliphatic rings. The number of rotatable bonds is 11. The van der Waals surface area contributed by atoms with Gasteiger partial charge in [0.15, 0.2) is 11.5 Å². The lowest BCUT2D eigenvalue weighted by Crippen LogP contribution is -2.38. The van der Waals surface area contributed by atoms with Gasteiger partial charge in [-0.15, -0.1) is 0 Å². The molecule has 3 aromatic heterocycles. The number of carbonyl (C=O) groups excluding carboxylic acids is 2. The number of halogens is 11. The minimum atomic E-state index is -5.15. The zero-order valence-corrected chi connectivity index (χ0v) is 34.0. The standard InChI is InChI=1S/C39H34ClF10N9O2S/c1-3-21-6-7-22(23-8-9-24(40)27-31(23)58(17-37(43,44)45)55-35(27)59(62-2)36(61)56-10-4-5-11-56)29(51-21)25(14-18-12-19(41)15-20(42)13-18)52-26(60)16-57-34-28(32(54-57)39(48,49)50)30-33(53-30)38(34,46)47/h6-9,12-13,15,25,30,33,53H,3-5,10-11,14,16-17H2,1-2H3,(H,52,60)/t25?,30-,33-/m1/s1. The maximum Gasteiger partial charge on any atom is 0.435 e. The summed E-state index contributed by atoms with van der Waals surface area (Å²) >= 11 is 7.63. The second-order valence-corrected chi connectivity index (χ2v) is 16.2. The van der Waals surface area contributed by atoms with E-state index in [0.29, 0.717) is 29.5 Å². The van der Waals surface area contributed by atoms with Crippen LogP contribution in [0.4, 0.5) is 54.5 Å². The van der Waals surface area contributed by atoms with E-state index in [1.807, 2.05) is 0 Å². The summed E-state index contributed by atoms with van der Waals surface area (Å²) in [4.78, 5) is 33.9. The fourth-order valence-corrected chi connectivity index (χ4v) is 9.07. The van der Waals surface area contributed by atoms with E-state index in [2.05, 4.69) is 20.8 Å². The Morgan fingerprint density at radius 1 is 1.00 bits per heavy atom. The van der Waals surface area contributed by atoms with Gasteiger partial charge in [-0.05, 0) is 67.5 Å². The molecule has 5 aromatic rings. The van der Waals surface area contributed by atoms with Crippen molar-refractivity contribution in [1.29, 1.82) is 0 Å². The highest BCUT2D eigenvalue weighted by Gasteiger charge is 2.68. The third-order valence-electron chi connectivity index (χ3n) is 10.9. The zero-order chi connectivity index (χ0) is 44.6. The summed E-state index contributed by atoms with van der Waals surface area (Å²) in [7, 11) is 0. The molecule has 23 heteroatoms. The number of likely N-dealkylation sites (tertiary alicyclic amines) is 1. The highest BCUT2D eigenvalue weighted by Crippen LogP contribution is 2.58. The number of hydrogen-bond donors (Lipinski definition) is 2. The fraction of sp³-hybridized carbons (Fsp3) is 0.410. The molecule has 2 aromatic carbocycles. The summed E-state index contributed by atoms with van der Waals surface area (Å²) in [5.41, 5.74) is -3.36. The van der Waals surface area contributed by atoms with Crippen LogP contribution in [0, 0.1) is 11.6 Å². The Kier molecular flexibility index (Phi) is 11.2. The number of anilines is 1. The molecule has 3 amide bonds. The quantitative estimate of drug-likeness (QED) is 0.0772. The summed E-state index contributed by atoms with van der Waals surface area (Å²) in [6, 6.07) is 3.28. The van der Waals surface area contributed by atoms with Crippen LogP contribution in [0.5, 0.6) is 0 Å². The Bertz CT molecular complexity index is 2570. The average Bonchev–Trinajstić information content (AvgIpc) is 3.45. The number of amides is 3. The van der Waals surface area contributed by atoms with Gasteiger partial charge >= 0.3 is 24.3 Å². The molecule has 3 atom stereocenters. The van der Waals surface area contributed by atoms with Crippen LogP contribution in [-0.2, 0) is 42.8 Å². The van der Waals surface area contributed by atoms with Crippen molar-refractivity contribution < 1.29 is 53.5 Å². The lowest BCUT2D eigenvalue weighted by Gasteiger charge is -2.24. The number of carbonyl (C=O) groups is 2. The van der Waals surface area contributed by atoms with Crippen LogP contribution in [0.1, 0.15) is 65.8 Å². The third kappa shape index (κ3) is 8.04. The minimum absolute atomic E-state index is 0.0166. The van der Waals surface area contributed by atoms with Gasteiger partial charge in [0.1, 0.15) is 30.4 Å². The van der Waals surface area contributed by atoms with E-state index < -0.39 is 96.4 Å². The van der Waals surface area contributed by atoms with Gasteiger partial charge in [0.25, 0.3) is 0 Å². The monoisotopic (exact) mass is 917 g/mol. The lowest BCUT2D eigenvalue weighted by molar-refractivity contribution is -0.142. The minimum Gasteiger partial charge on any atom is -0.346 e. The van der Waals surface area contributed by atoms with Crippen molar-refractivity contribution >= 4 is 52.2 Å². The van der Waals surface area contributed by atoms with Crippen LogP contribution in [0.3, 0.4) is 0 Å². The number of urea groups is 1. The highest BCUT2D eigenvalue weighted by molar-refractivity contribution is 8.00. The zero-order valence-electron chi connectivity index (χ0n) is 32.4. The molecule has 2 aliphatic heterocycles. The van der Waals surface area contributed by atoms with Gasteiger partial charge < -0.3 is 10.2 Å². The highest BCUT2D eigenvalue weighted by atomic mass is 35.5. The maximum absolute atomic E-state index is 15.4. The molecule has 330 valence electrons. The van der Waals surface area contributed by atoms with Gasteiger partial charge in [-0.3, -0.25) is 24.5 Å². The van der Waals surface area contributed by atoms with Crippen molar-refractivity contribution in [2.45, 2.75) is 82.1 Å². The van der Waals surface area contributed by atoms with E-state index in [0.717, 1.165) is 41.2 Å². The molecule has 2 fully saturated rings. The molecule has 0 bridgehead atoms. The first-order valence-electron chi connectivity index (χ1n) is 19.2. The van der Waals surface area contributed by atoms with Crippen molar-refractivity contribution in [3.8, 4) is 11.1 Å². The number of aryl methyl sites for hydroxylation is 1. The number of hydrogen-bond acceptors (Lipinski definition) is 7. The van der Waals surface area contributed by atoms with Crippen LogP contribution in [0.25, 0.3) is 22.0 Å². The molecule has 1 aliphatic carbocycles. The first kappa shape index (κ1) is 43.6. The van der Waals surface area contributed by atoms with Crippen molar-refractivity contribution in [3.63, 3.8) is 0 Å². The van der Waals surface area contributed by atoms with E-state index in [1.165, 1.54) is 29.4 Å². The molecule has 11 nitrogen and oxygen atoms in total. The molecule has 62 heavy (non-hydrogen) atoms. The Balaban J connectivity index is 1.28. The van der Waals surface area contributed by atoms with Crippen LogP contribution < -0.4 is 14.9 Å². The topological polar surface area (TPSA) is 123 Å². The average molecular weight is 918 g/mol. The van der Waals surface area contributed by atoms with E-state index >= 15 is 8.78 Å². The molecular formula is C39H34ClF10N9O2S. The van der Waals surface area contributed by atoms with Gasteiger partial charge in [0.05, 0.1) is 39.7 Å². The number of alkyl halides is 8. The summed E-state index contributed by atoms with van der Waals surface area (Å²) < 4.78 is 147. The Hall–Kier alpha value is -5.09. The van der Waals surface area contributed by atoms with Crippen LogP contribution in [0.15, 0.2) is 42.5 Å². The molecule has 0 spiro atoms. The van der Waals surface area contributed by atoms with Gasteiger partial charge in [0.2, 0.25) is 5.91 Å². The van der Waals surface area contributed by atoms with Gasteiger partial charge in [-0.25, -0.2) is 17.9 Å². The van der Waals surface area contributed by atoms with Gasteiger partial charge in [-0.1, -0.05) is 30.7 Å². The first-order chi connectivity index (χ1) is 29.2. The molecule has 0 saturated carbocycles. The van der Waals surface area contributed by atoms with E-state index in [4.69, 9.17) is 16.6 Å². The molecule has 5 heterocycles. The van der Waals surface area contributed by atoms with E-state index in [1.54, 1.807) is 13.0 Å². The van der Waals surface area contributed by atoms with Crippen LogP contribution in [-0.4, -0.2) is 72.9 Å². The largest absolute Gasteiger partial charge is 0.435 e. The second-order valence-electron chi connectivity index (χ2n) is 15.1. The number of aromatic nitrogens is 5. The summed E-state index contributed by atoms with van der Waals surface area (Å²) in [6.45, 7) is -0.274. The summed E-state index contributed by atoms with van der Waals surface area (Å²) in [6.07, 6.45) is -7.23. The van der Waals surface area contributed by atoms with Crippen LogP contribution >= 0.6 is 23.5 Å². The van der Waals surface area contributed by atoms with E-state index in [-0.39, 0.29) is 55.2 Å². The summed E-state index contributed by atoms with van der Waals surface area (Å²) in [5, 5.41) is 12.4. The summed E-state index contributed by atoms with van der Waals surface area (Å²) in [5.74, 6) is -7.21. The van der Waals surface area contributed by atoms with Gasteiger partial charge in [-0.2, -0.15) is 45.3 Å². The first-order valence-corrected chi connectivity index (χ1v) is 20.7. The van der Waals surface area contributed by atoms with Crippen molar-refractivity contribution in [2.75, 3.05) is 23.7 Å². The normalized spacial score (nSPS) is 18.6. The number of pyridine rings is 1. The maximum atomic E-state index is 15.4.